The van der Waals surface area contributed by atoms with Gasteiger partial charge in [-0.25, -0.2) is 4.39 Å². The number of carbonyl (C=O) groups excluding carboxylic acids is 1. The number of benzene rings is 2. The zero-order valence-electron chi connectivity index (χ0n) is 16.2. The van der Waals surface area contributed by atoms with E-state index in [0.29, 0.717) is 11.3 Å². The van der Waals surface area contributed by atoms with Crippen LogP contribution in [0, 0.1) is 11.8 Å². The lowest BCUT2D eigenvalue weighted by Gasteiger charge is -2.41. The molecule has 2 aliphatic heterocycles. The fourth-order valence-corrected chi connectivity index (χ4v) is 5.12. The molecule has 1 amide bonds. The Balaban J connectivity index is 1.83. The first kappa shape index (κ1) is 19.6. The van der Waals surface area contributed by atoms with Crippen LogP contribution in [0.2, 0.25) is 0 Å². The summed E-state index contributed by atoms with van der Waals surface area (Å²) in [6, 6.07) is 11.4. The van der Waals surface area contributed by atoms with Crippen molar-refractivity contribution in [2.75, 3.05) is 18.7 Å². The molecule has 2 aromatic carbocycles. The van der Waals surface area contributed by atoms with Crippen LogP contribution in [0.1, 0.15) is 33.2 Å². The Bertz CT molecular complexity index is 1300. The molecule has 158 valence electrons. The van der Waals surface area contributed by atoms with E-state index in [-0.39, 0.29) is 6.67 Å². The van der Waals surface area contributed by atoms with Crippen LogP contribution in [-0.4, -0.2) is 39.5 Å². The van der Waals surface area contributed by atoms with Crippen LogP contribution in [0.5, 0.6) is 5.75 Å². The van der Waals surface area contributed by atoms with Crippen LogP contribution in [0.4, 0.5) is 8.78 Å². The van der Waals surface area contributed by atoms with Gasteiger partial charge in [0.2, 0.25) is 5.75 Å². The van der Waals surface area contributed by atoms with E-state index in [0.717, 1.165) is 20.8 Å². The van der Waals surface area contributed by atoms with Crippen molar-refractivity contribution in [2.24, 2.45) is 0 Å². The van der Waals surface area contributed by atoms with Gasteiger partial charge in [0.1, 0.15) is 18.5 Å². The second kappa shape index (κ2) is 7.09. The van der Waals surface area contributed by atoms with Crippen LogP contribution < -0.4 is 10.4 Å². The van der Waals surface area contributed by atoms with Crippen LogP contribution in [-0.2, 0) is 5.75 Å². The molecule has 2 aliphatic rings. The number of nitrogens with zero attached hydrogens (tertiary/aromatic N) is 4. The highest BCUT2D eigenvalue weighted by molar-refractivity contribution is 7.98. The predicted molar refractivity (Wildman–Crippen MR) is 110 cm³/mol. The first-order valence-electron chi connectivity index (χ1n) is 9.41. The summed E-state index contributed by atoms with van der Waals surface area (Å²) >= 11 is 1.54. The molecule has 31 heavy (non-hydrogen) atoms. The summed E-state index contributed by atoms with van der Waals surface area (Å²) in [5.41, 5.74) is 0.0307. The molecule has 0 bridgehead atoms. The lowest BCUT2D eigenvalue weighted by molar-refractivity contribution is 0.0712. The van der Waals surface area contributed by atoms with Gasteiger partial charge >= 0.3 is 0 Å². The van der Waals surface area contributed by atoms with Crippen molar-refractivity contribution in [1.82, 2.24) is 14.8 Å². The number of amides is 1. The van der Waals surface area contributed by atoms with Crippen molar-refractivity contribution in [2.45, 2.75) is 16.7 Å². The number of hydrogen-bond donors (Lipinski definition) is 1. The fourth-order valence-electron chi connectivity index (χ4n) is 4.04. The SMILES string of the molecule is CN1CN(C2c3ccccc3SCc3cccc(F)c32)n2nc(F)c(=O)c(O)c2C1=O. The number of halogens is 2. The summed E-state index contributed by atoms with van der Waals surface area (Å²) in [6.45, 7) is -0.0714. The van der Waals surface area contributed by atoms with Crippen LogP contribution in [0.25, 0.3) is 0 Å². The van der Waals surface area contributed by atoms with Crippen molar-refractivity contribution in [3.8, 4) is 5.75 Å². The van der Waals surface area contributed by atoms with Gasteiger partial charge in [0.05, 0.1) is 0 Å². The highest BCUT2D eigenvalue weighted by Crippen LogP contribution is 2.43. The molecule has 0 radical (unpaired) electrons. The molecule has 3 heterocycles. The topological polar surface area (TPSA) is 78.7 Å². The molecule has 0 aliphatic carbocycles. The minimum atomic E-state index is -1.45. The lowest BCUT2D eigenvalue weighted by atomic mass is 9.94. The Labute approximate surface area is 179 Å². The van der Waals surface area contributed by atoms with E-state index in [2.05, 4.69) is 5.10 Å². The van der Waals surface area contributed by atoms with E-state index in [1.165, 1.54) is 23.0 Å². The Kier molecular flexibility index (Phi) is 4.47. The number of rotatable bonds is 1. The van der Waals surface area contributed by atoms with E-state index in [4.69, 9.17) is 0 Å². The van der Waals surface area contributed by atoms with E-state index < -0.39 is 40.6 Å². The average Bonchev–Trinajstić information content (AvgIpc) is 2.92. The third-order valence-electron chi connectivity index (χ3n) is 5.47. The third-order valence-corrected chi connectivity index (χ3v) is 6.61. The number of fused-ring (bicyclic) bond motifs is 3. The monoisotopic (exact) mass is 442 g/mol. The molecule has 1 atom stereocenters. The van der Waals surface area contributed by atoms with Crippen molar-refractivity contribution in [1.29, 1.82) is 0 Å². The smallest absolute Gasteiger partial charge is 0.284 e. The van der Waals surface area contributed by atoms with Crippen molar-refractivity contribution < 1.29 is 18.7 Å². The summed E-state index contributed by atoms with van der Waals surface area (Å²) in [7, 11) is 1.48. The molecule has 0 spiro atoms. The number of hydrogen-bond acceptors (Lipinski definition) is 6. The van der Waals surface area contributed by atoms with E-state index in [1.54, 1.807) is 17.8 Å². The predicted octanol–water partition coefficient (Wildman–Crippen LogP) is 2.60. The van der Waals surface area contributed by atoms with E-state index in [1.807, 2.05) is 30.3 Å². The molecule has 1 aromatic heterocycles. The molecule has 0 fully saturated rings. The molecule has 1 unspecified atom stereocenters. The molecule has 0 saturated carbocycles. The Morgan fingerprint density at radius 3 is 2.71 bits per heavy atom. The molecule has 1 N–H and O–H groups in total. The van der Waals surface area contributed by atoms with Gasteiger partial charge < -0.3 is 10.0 Å². The number of carbonyl (C=O) groups is 1. The maximum atomic E-state index is 15.2. The third kappa shape index (κ3) is 2.89. The van der Waals surface area contributed by atoms with Crippen molar-refractivity contribution >= 4 is 17.7 Å². The highest BCUT2D eigenvalue weighted by atomic mass is 32.2. The molecular formula is C21H16F2N4O3S. The lowest BCUT2D eigenvalue weighted by Crippen LogP contribution is -2.55. The first-order chi connectivity index (χ1) is 14.9. The van der Waals surface area contributed by atoms with Gasteiger partial charge in [-0.05, 0) is 23.3 Å². The second-order valence-corrected chi connectivity index (χ2v) is 8.35. The number of aromatic hydroxyl groups is 1. The summed E-state index contributed by atoms with van der Waals surface area (Å²) in [6.07, 6.45) is 0. The molecule has 3 aromatic rings. The summed E-state index contributed by atoms with van der Waals surface area (Å²) < 4.78 is 29.5. The quantitative estimate of drug-likeness (QED) is 0.624. The first-order valence-corrected chi connectivity index (χ1v) is 10.4. The largest absolute Gasteiger partial charge is 0.502 e. The molecule has 0 saturated heterocycles. The minimum absolute atomic E-state index is 0.0714. The van der Waals surface area contributed by atoms with Crippen LogP contribution >= 0.6 is 11.8 Å². The minimum Gasteiger partial charge on any atom is -0.502 e. The average molecular weight is 442 g/mol. The molecule has 10 heteroatoms. The van der Waals surface area contributed by atoms with Crippen LogP contribution in [0.15, 0.2) is 52.2 Å². The van der Waals surface area contributed by atoms with E-state index in [9.17, 15) is 19.1 Å². The van der Waals surface area contributed by atoms with Crippen molar-refractivity contribution in [3.05, 3.63) is 86.8 Å². The summed E-state index contributed by atoms with van der Waals surface area (Å²) in [4.78, 5) is 27.7. The zero-order valence-corrected chi connectivity index (χ0v) is 17.1. The molecule has 7 nitrogen and oxygen atoms in total. The standard InChI is InChI=1S/C21H16F2N4O3S/c1-25-10-26(27-17(21(25)30)18(28)19(29)20(23)24-27)16-12-6-2-3-8-14(12)31-9-11-5-4-7-13(22)15(11)16/h2-8,16,28H,9-10H2,1H3. The molecular weight excluding hydrogens is 426 g/mol. The summed E-state index contributed by atoms with van der Waals surface area (Å²) in [5, 5.41) is 15.4. The maximum Gasteiger partial charge on any atom is 0.284 e. The number of thioether (sulfide) groups is 1. The van der Waals surface area contributed by atoms with E-state index >= 15 is 4.39 Å². The van der Waals surface area contributed by atoms with Gasteiger partial charge in [0.15, 0.2) is 5.69 Å². The van der Waals surface area contributed by atoms with Gasteiger partial charge in [-0.1, -0.05) is 30.3 Å². The summed E-state index contributed by atoms with van der Waals surface area (Å²) in [5.74, 6) is -3.10. The highest BCUT2D eigenvalue weighted by Gasteiger charge is 2.40. The van der Waals surface area contributed by atoms with Gasteiger partial charge in [0, 0.05) is 23.3 Å². The van der Waals surface area contributed by atoms with Crippen LogP contribution in [0.3, 0.4) is 0 Å². The fraction of sp³-hybridized carbons (Fsp3) is 0.190. The van der Waals surface area contributed by atoms with Crippen molar-refractivity contribution in [3.63, 3.8) is 0 Å². The number of aromatic nitrogens is 2. The van der Waals surface area contributed by atoms with Gasteiger partial charge in [-0.15, -0.1) is 16.9 Å². The Hall–Kier alpha value is -3.40. The normalized spacial score (nSPS) is 17.6. The Morgan fingerprint density at radius 1 is 1.13 bits per heavy atom. The zero-order chi connectivity index (χ0) is 21.9. The van der Waals surface area contributed by atoms with Gasteiger partial charge in [0.25, 0.3) is 17.3 Å². The molecule has 5 rings (SSSR count). The van der Waals surface area contributed by atoms with Gasteiger partial charge in [-0.2, -0.15) is 9.18 Å². The second-order valence-electron chi connectivity index (χ2n) is 7.33. The van der Waals surface area contributed by atoms with Gasteiger partial charge in [-0.3, -0.25) is 14.6 Å². The Morgan fingerprint density at radius 2 is 1.90 bits per heavy atom. The maximum absolute atomic E-state index is 15.2.